The van der Waals surface area contributed by atoms with Crippen molar-refractivity contribution in [3.8, 4) is 0 Å². The van der Waals surface area contributed by atoms with Crippen LogP contribution in [0.5, 0.6) is 0 Å². The van der Waals surface area contributed by atoms with Crippen molar-refractivity contribution in [2.75, 3.05) is 0 Å². The number of hydrogen-bond donors (Lipinski definition) is 0. The Morgan fingerprint density at radius 1 is 0.600 bits per heavy atom. The third-order valence-electron chi connectivity index (χ3n) is 10.5. The van der Waals surface area contributed by atoms with E-state index >= 15 is 0 Å². The molecule has 4 bridgehead atoms. The molecule has 4 fully saturated rings. The normalized spacial score (nSPS) is 33.5. The zero-order valence-corrected chi connectivity index (χ0v) is 32.4. The average Bonchev–Trinajstić information content (AvgIpc) is 3.17. The van der Waals surface area contributed by atoms with Crippen LogP contribution in [0, 0.1) is 23.2 Å². The molecule has 0 saturated heterocycles. The molecular formula is C28H60OSi6. The van der Waals surface area contributed by atoms with Crippen LogP contribution in [0.3, 0.4) is 0 Å². The minimum atomic E-state index is -2.21. The van der Waals surface area contributed by atoms with Gasteiger partial charge in [-0.3, -0.25) is 0 Å². The minimum Gasteiger partial charge on any atom is -0.450 e. The molecule has 0 spiro atoms. The lowest BCUT2D eigenvalue weighted by molar-refractivity contribution is -0.0577. The molecule has 0 amide bonds. The van der Waals surface area contributed by atoms with Crippen LogP contribution in [0.25, 0.3) is 0 Å². The molecule has 0 atom stereocenters. The fourth-order valence-electron chi connectivity index (χ4n) is 11.8. The SMILES string of the molecule is C[Si](C)(C)O[Si]1(C(C23CC4CC(CC(C4)C2)C3)([Si](C)(C)C)[Si](C)(C)C)C([Si](C)(C)C)=C1[Si](C)(C)C. The van der Waals surface area contributed by atoms with Crippen molar-refractivity contribution in [2.45, 2.75) is 141 Å². The minimum absolute atomic E-state index is 0.529. The van der Waals surface area contributed by atoms with E-state index in [4.69, 9.17) is 4.12 Å². The van der Waals surface area contributed by atoms with Gasteiger partial charge in [-0.25, -0.2) is 0 Å². The average molecular weight is 581 g/mol. The molecule has 202 valence electrons. The molecule has 0 aromatic rings. The predicted octanol–water partition coefficient (Wildman–Crippen LogP) is 9.64. The molecule has 0 unspecified atom stereocenters. The van der Waals surface area contributed by atoms with Crippen LogP contribution in [-0.4, -0.2) is 48.9 Å². The Bertz CT molecular complexity index is 827. The third kappa shape index (κ3) is 4.14. The van der Waals surface area contributed by atoms with Crippen LogP contribution < -0.4 is 0 Å². The summed E-state index contributed by atoms with van der Waals surface area (Å²) in [5.74, 6) is 3.07. The first-order chi connectivity index (χ1) is 15.4. The lowest BCUT2D eigenvalue weighted by Crippen LogP contribution is -2.77. The summed E-state index contributed by atoms with van der Waals surface area (Å²) in [7, 11) is -10.2. The van der Waals surface area contributed by atoms with E-state index in [0.717, 1.165) is 17.8 Å². The maximum Gasteiger partial charge on any atom is 0.229 e. The highest BCUT2D eigenvalue weighted by atomic mass is 28.5. The fourth-order valence-corrected chi connectivity index (χ4v) is 63.0. The van der Waals surface area contributed by atoms with Crippen LogP contribution in [0.4, 0.5) is 0 Å². The van der Waals surface area contributed by atoms with E-state index in [1.54, 1.807) is 38.5 Å². The van der Waals surface area contributed by atoms with Gasteiger partial charge < -0.3 is 4.12 Å². The monoisotopic (exact) mass is 580 g/mol. The van der Waals surface area contributed by atoms with Crippen LogP contribution >= 0.6 is 0 Å². The van der Waals surface area contributed by atoms with Crippen molar-refractivity contribution in [3.05, 3.63) is 9.64 Å². The van der Waals surface area contributed by atoms with Gasteiger partial charge in [0.05, 0.1) is 16.1 Å². The van der Waals surface area contributed by atoms with Crippen molar-refractivity contribution in [1.82, 2.24) is 0 Å². The molecule has 0 aromatic carbocycles. The lowest BCUT2D eigenvalue weighted by atomic mass is 9.50. The summed E-state index contributed by atoms with van der Waals surface area (Å²) in [5, 5.41) is 0. The van der Waals surface area contributed by atoms with Gasteiger partial charge in [-0.1, -0.05) is 88.2 Å². The summed E-state index contributed by atoms with van der Waals surface area (Å²) in [4.78, 5) is 4.15. The van der Waals surface area contributed by atoms with E-state index in [1.807, 2.05) is 0 Å². The van der Waals surface area contributed by atoms with Gasteiger partial charge in [0.25, 0.3) is 0 Å². The highest BCUT2D eigenvalue weighted by Crippen LogP contribution is 2.81. The Kier molecular flexibility index (Phi) is 6.65. The van der Waals surface area contributed by atoms with Crippen molar-refractivity contribution in [1.29, 1.82) is 0 Å². The molecule has 1 nitrogen and oxygen atoms in total. The molecule has 1 aliphatic heterocycles. The summed E-state index contributed by atoms with van der Waals surface area (Å²) < 4.78 is 8.69. The van der Waals surface area contributed by atoms with E-state index in [0.29, 0.717) is 9.70 Å². The van der Waals surface area contributed by atoms with Crippen LogP contribution in [0.1, 0.15) is 38.5 Å². The molecule has 0 radical (unpaired) electrons. The van der Waals surface area contributed by atoms with E-state index in [-0.39, 0.29) is 0 Å². The molecule has 35 heavy (non-hydrogen) atoms. The summed E-state index contributed by atoms with van der Waals surface area (Å²) in [6.45, 7) is 40.9. The van der Waals surface area contributed by atoms with Gasteiger partial charge in [0.1, 0.15) is 0 Å². The highest BCUT2D eigenvalue weighted by molar-refractivity contribution is 7.36. The van der Waals surface area contributed by atoms with Crippen LogP contribution in [-0.2, 0) is 4.12 Å². The maximum atomic E-state index is 8.17. The lowest BCUT2D eigenvalue weighted by Gasteiger charge is -2.73. The largest absolute Gasteiger partial charge is 0.450 e. The van der Waals surface area contributed by atoms with Gasteiger partial charge in [0.15, 0.2) is 8.32 Å². The second-order valence-electron chi connectivity index (χ2n) is 18.6. The zero-order chi connectivity index (χ0) is 26.8. The Balaban J connectivity index is 2.12. The Morgan fingerprint density at radius 3 is 1.14 bits per heavy atom. The molecule has 0 aromatic heterocycles. The van der Waals surface area contributed by atoms with Crippen LogP contribution in [0.2, 0.25) is 102 Å². The van der Waals surface area contributed by atoms with Gasteiger partial charge in [-0.15, -0.1) is 0 Å². The summed E-state index contributed by atoms with van der Waals surface area (Å²) in [6.07, 6.45) is 9.38. The first kappa shape index (κ1) is 29.0. The molecule has 0 N–H and O–H groups in total. The summed E-state index contributed by atoms with van der Waals surface area (Å²) >= 11 is 0. The molecule has 1 heterocycles. The number of rotatable bonds is 8. The first-order valence-corrected chi connectivity index (χ1v) is 34.2. The Morgan fingerprint density at radius 2 is 0.914 bits per heavy atom. The smallest absolute Gasteiger partial charge is 0.229 e. The molecule has 4 aliphatic carbocycles. The second-order valence-corrected chi connectivity index (χ2v) is 49.7. The molecule has 5 aliphatic rings. The van der Waals surface area contributed by atoms with Crippen molar-refractivity contribution >= 4 is 48.9 Å². The first-order valence-electron chi connectivity index (χ1n) is 14.9. The quantitative estimate of drug-likeness (QED) is 0.260. The molecule has 5 rings (SSSR count). The van der Waals surface area contributed by atoms with Crippen LogP contribution in [0.15, 0.2) is 9.64 Å². The number of hydrogen-bond acceptors (Lipinski definition) is 1. The van der Waals surface area contributed by atoms with Gasteiger partial charge in [0, 0.05) is 16.1 Å². The predicted molar refractivity (Wildman–Crippen MR) is 174 cm³/mol. The second kappa shape index (κ2) is 8.03. The van der Waals surface area contributed by atoms with E-state index in [9.17, 15) is 0 Å². The highest BCUT2D eigenvalue weighted by Gasteiger charge is 2.85. The fraction of sp³-hybridized carbons (Fsp3) is 0.929. The van der Waals surface area contributed by atoms with E-state index in [1.165, 1.54) is 0 Å². The molecule has 7 heteroatoms. The van der Waals surface area contributed by atoms with Crippen molar-refractivity contribution in [2.24, 2.45) is 23.2 Å². The van der Waals surface area contributed by atoms with Gasteiger partial charge >= 0.3 is 0 Å². The molecular weight excluding hydrogens is 521 g/mol. The standard InChI is InChI=1S/C28H60OSi6/c1-30(2,3)25-26(31(4,5)6)35(25,29-34(13,14)15)28(32(7,8)9,33(10,11)12)27-19-22-16-23(20-27)18-24(17-22)21-27/h22-24H,16-21H2,1-15H3. The van der Waals surface area contributed by atoms with Gasteiger partial charge in [0.2, 0.25) is 8.32 Å². The Labute approximate surface area is 226 Å². The zero-order valence-electron chi connectivity index (χ0n) is 26.4. The summed E-state index contributed by atoms with van der Waals surface area (Å²) in [6, 6.07) is 0. The van der Waals surface area contributed by atoms with Crippen molar-refractivity contribution < 1.29 is 4.12 Å². The maximum absolute atomic E-state index is 8.17. The van der Waals surface area contributed by atoms with E-state index in [2.05, 4.69) is 108 Å². The van der Waals surface area contributed by atoms with Gasteiger partial charge in [-0.2, -0.15) is 0 Å². The molecule has 4 saturated carbocycles. The van der Waals surface area contributed by atoms with E-state index < -0.39 is 48.9 Å². The van der Waals surface area contributed by atoms with Gasteiger partial charge in [-0.05, 0) is 85.6 Å². The van der Waals surface area contributed by atoms with Crippen molar-refractivity contribution in [3.63, 3.8) is 0 Å². The third-order valence-corrected chi connectivity index (χ3v) is 44.9. The Hall–Kier alpha value is 1.00. The summed E-state index contributed by atoms with van der Waals surface area (Å²) in [5.41, 5.74) is 0.578. The topological polar surface area (TPSA) is 9.23 Å².